The summed E-state index contributed by atoms with van der Waals surface area (Å²) in [6.07, 6.45) is 7.72. The lowest BCUT2D eigenvalue weighted by Gasteiger charge is -2.25. The zero-order chi connectivity index (χ0) is 13.5. The molecule has 0 radical (unpaired) electrons. The van der Waals surface area contributed by atoms with Crippen LogP contribution in [0.2, 0.25) is 0 Å². The third kappa shape index (κ3) is 1.89. The van der Waals surface area contributed by atoms with Crippen molar-refractivity contribution in [2.45, 2.75) is 31.8 Å². The Labute approximate surface area is 120 Å². The van der Waals surface area contributed by atoms with E-state index in [0.29, 0.717) is 12.6 Å². The second-order valence-corrected chi connectivity index (χ2v) is 6.33. The van der Waals surface area contributed by atoms with Gasteiger partial charge in [-0.05, 0) is 31.4 Å². The summed E-state index contributed by atoms with van der Waals surface area (Å²) in [6, 6.07) is 8.51. The van der Waals surface area contributed by atoms with Gasteiger partial charge in [0.25, 0.3) is 0 Å². The Morgan fingerprint density at radius 1 is 1.30 bits per heavy atom. The molecule has 20 heavy (non-hydrogen) atoms. The molecule has 1 saturated carbocycles. The third-order valence-electron chi connectivity index (χ3n) is 4.02. The largest absolute Gasteiger partial charge is 0.308 e. The smallest absolute Gasteiger partial charge is 0.294 e. The maximum Gasteiger partial charge on any atom is 0.308 e. The molecule has 0 bridgehead atoms. The quantitative estimate of drug-likeness (QED) is 0.742. The fourth-order valence-electron chi connectivity index (χ4n) is 2.66. The molecule has 4 nitrogen and oxygen atoms in total. The van der Waals surface area contributed by atoms with Crippen molar-refractivity contribution in [2.75, 3.05) is 0 Å². The topological polar surface area (TPSA) is 39.8 Å². The molecule has 102 valence electrons. The van der Waals surface area contributed by atoms with Gasteiger partial charge in [-0.15, -0.1) is 0 Å². The highest BCUT2D eigenvalue weighted by Crippen LogP contribution is 2.30. The summed E-state index contributed by atoms with van der Waals surface area (Å²) in [6.45, 7) is 0.607. The average Bonchev–Trinajstić information content (AvgIpc) is 2.94. The van der Waals surface area contributed by atoms with Crippen LogP contribution < -0.4 is 4.87 Å². The molecule has 0 saturated heterocycles. The normalized spacial score (nSPS) is 15.6. The fraction of sp³-hybridized carbons (Fsp3) is 0.333. The Hall–Kier alpha value is -1.88. The summed E-state index contributed by atoms with van der Waals surface area (Å²) < 4.78 is 4.93. The first kappa shape index (κ1) is 11.9. The molecule has 1 aliphatic carbocycles. The molecule has 0 N–H and O–H groups in total. The minimum atomic E-state index is 0.0996. The molecule has 1 fully saturated rings. The first-order valence-electron chi connectivity index (χ1n) is 6.93. The van der Waals surface area contributed by atoms with Crippen molar-refractivity contribution < 1.29 is 0 Å². The number of para-hydroxylation sites is 1. The molecule has 0 unspecified atom stereocenters. The van der Waals surface area contributed by atoms with Crippen molar-refractivity contribution in [2.24, 2.45) is 0 Å². The van der Waals surface area contributed by atoms with Crippen molar-refractivity contribution in [3.63, 3.8) is 0 Å². The van der Waals surface area contributed by atoms with Gasteiger partial charge in [0.1, 0.15) is 0 Å². The summed E-state index contributed by atoms with van der Waals surface area (Å²) in [5.74, 6) is 0. The summed E-state index contributed by atoms with van der Waals surface area (Å²) in [7, 11) is 0. The molecular formula is C15H15N3OS. The maximum atomic E-state index is 12.1. The van der Waals surface area contributed by atoms with Crippen molar-refractivity contribution >= 4 is 21.6 Å². The number of nitrogens with zero attached hydrogens (tertiary/aromatic N) is 3. The van der Waals surface area contributed by atoms with E-state index in [9.17, 15) is 4.79 Å². The van der Waals surface area contributed by atoms with Crippen molar-refractivity contribution in [1.82, 2.24) is 14.3 Å². The van der Waals surface area contributed by atoms with Crippen LogP contribution in [0.4, 0.5) is 0 Å². The Morgan fingerprint density at radius 3 is 2.95 bits per heavy atom. The van der Waals surface area contributed by atoms with E-state index in [1.54, 1.807) is 0 Å². The molecule has 1 aliphatic rings. The lowest BCUT2D eigenvalue weighted by Crippen LogP contribution is -2.17. The first-order chi connectivity index (χ1) is 9.81. The van der Waals surface area contributed by atoms with E-state index < -0.39 is 0 Å². The Balaban J connectivity index is 1.68. The Bertz CT molecular complexity index is 810. The van der Waals surface area contributed by atoms with Crippen LogP contribution in [0.3, 0.4) is 0 Å². The number of rotatable bonds is 3. The van der Waals surface area contributed by atoms with E-state index >= 15 is 0 Å². The van der Waals surface area contributed by atoms with E-state index in [2.05, 4.69) is 16.0 Å². The monoisotopic (exact) mass is 285 g/mol. The highest BCUT2D eigenvalue weighted by molar-refractivity contribution is 7.16. The van der Waals surface area contributed by atoms with E-state index in [1.807, 2.05) is 35.0 Å². The van der Waals surface area contributed by atoms with Gasteiger partial charge in [-0.2, -0.15) is 5.10 Å². The van der Waals surface area contributed by atoms with Crippen LogP contribution in [0.1, 0.15) is 30.9 Å². The number of aromatic nitrogens is 3. The maximum absolute atomic E-state index is 12.1. The number of hydrogen-bond acceptors (Lipinski definition) is 3. The van der Waals surface area contributed by atoms with Gasteiger partial charge >= 0.3 is 4.87 Å². The highest BCUT2D eigenvalue weighted by Gasteiger charge is 2.20. The van der Waals surface area contributed by atoms with Crippen molar-refractivity contribution in [3.05, 3.63) is 51.9 Å². The minimum absolute atomic E-state index is 0.0996. The minimum Gasteiger partial charge on any atom is -0.294 e. The lowest BCUT2D eigenvalue weighted by atomic mass is 9.93. The molecule has 2 heterocycles. The molecule has 5 heteroatoms. The van der Waals surface area contributed by atoms with Crippen molar-refractivity contribution in [1.29, 1.82) is 0 Å². The second-order valence-electron chi connectivity index (χ2n) is 5.34. The first-order valence-corrected chi connectivity index (χ1v) is 7.74. The molecule has 2 aromatic heterocycles. The zero-order valence-corrected chi connectivity index (χ0v) is 11.8. The van der Waals surface area contributed by atoms with Crippen LogP contribution in [-0.2, 0) is 6.54 Å². The van der Waals surface area contributed by atoms with Gasteiger partial charge in [0.05, 0.1) is 29.0 Å². The Morgan fingerprint density at radius 2 is 2.15 bits per heavy atom. The average molecular weight is 285 g/mol. The molecule has 0 amide bonds. The van der Waals surface area contributed by atoms with Gasteiger partial charge in [0.2, 0.25) is 0 Å². The van der Waals surface area contributed by atoms with E-state index in [-0.39, 0.29) is 4.87 Å². The predicted octanol–water partition coefficient (Wildman–Crippen LogP) is 3.03. The number of hydrogen-bond donors (Lipinski definition) is 0. The number of benzene rings is 1. The van der Waals surface area contributed by atoms with Gasteiger partial charge < -0.3 is 0 Å². The fourth-order valence-corrected chi connectivity index (χ4v) is 3.55. The van der Waals surface area contributed by atoms with Crippen LogP contribution in [0, 0.1) is 0 Å². The third-order valence-corrected chi connectivity index (χ3v) is 4.98. The summed E-state index contributed by atoms with van der Waals surface area (Å²) in [5.41, 5.74) is 2.11. The molecule has 4 rings (SSSR count). The van der Waals surface area contributed by atoms with Crippen LogP contribution >= 0.6 is 11.3 Å². The SMILES string of the molecule is O=c1sc2ccccc2n1Cc1cnn(C2CCC2)c1. The summed E-state index contributed by atoms with van der Waals surface area (Å²) in [5, 5.41) is 4.43. The summed E-state index contributed by atoms with van der Waals surface area (Å²) >= 11 is 1.31. The second kappa shape index (κ2) is 4.59. The lowest BCUT2D eigenvalue weighted by molar-refractivity contribution is 0.289. The molecule has 0 aliphatic heterocycles. The van der Waals surface area contributed by atoms with Gasteiger partial charge in [0.15, 0.2) is 0 Å². The molecule has 3 aromatic rings. The van der Waals surface area contributed by atoms with E-state index in [0.717, 1.165) is 15.8 Å². The van der Waals surface area contributed by atoms with Crippen LogP contribution in [0.25, 0.3) is 10.2 Å². The zero-order valence-electron chi connectivity index (χ0n) is 11.0. The number of fused-ring (bicyclic) bond motifs is 1. The standard InChI is InChI=1S/C15H15N3OS/c19-15-17(13-6-1-2-7-14(13)20-15)9-11-8-16-18(10-11)12-4-3-5-12/h1-2,6-8,10,12H,3-5,9H2. The van der Waals surface area contributed by atoms with Crippen LogP contribution in [-0.4, -0.2) is 14.3 Å². The number of thiazole rings is 1. The predicted molar refractivity (Wildman–Crippen MR) is 80.3 cm³/mol. The Kier molecular flexibility index (Phi) is 2.73. The molecule has 0 atom stereocenters. The van der Waals surface area contributed by atoms with Gasteiger partial charge in [-0.3, -0.25) is 14.0 Å². The van der Waals surface area contributed by atoms with Gasteiger partial charge in [-0.1, -0.05) is 23.5 Å². The van der Waals surface area contributed by atoms with E-state index in [1.165, 1.54) is 30.6 Å². The van der Waals surface area contributed by atoms with E-state index in [4.69, 9.17) is 0 Å². The molecule has 1 aromatic carbocycles. The molecular weight excluding hydrogens is 270 g/mol. The van der Waals surface area contributed by atoms with Crippen LogP contribution in [0.5, 0.6) is 0 Å². The highest BCUT2D eigenvalue weighted by atomic mass is 32.1. The van der Waals surface area contributed by atoms with Gasteiger partial charge in [0, 0.05) is 11.8 Å². The van der Waals surface area contributed by atoms with Crippen LogP contribution in [0.15, 0.2) is 41.5 Å². The summed E-state index contributed by atoms with van der Waals surface area (Å²) in [4.78, 5) is 12.2. The molecule has 0 spiro atoms. The van der Waals surface area contributed by atoms with Crippen molar-refractivity contribution in [3.8, 4) is 0 Å². The van der Waals surface area contributed by atoms with Gasteiger partial charge in [-0.25, -0.2) is 0 Å².